The van der Waals surface area contributed by atoms with Gasteiger partial charge in [-0.05, 0) is 54.5 Å². The van der Waals surface area contributed by atoms with Crippen LogP contribution < -0.4 is 25.2 Å². The predicted molar refractivity (Wildman–Crippen MR) is 160 cm³/mol. The lowest BCUT2D eigenvalue weighted by Gasteiger charge is -2.36. The minimum atomic E-state index is -2.00. The van der Waals surface area contributed by atoms with Crippen molar-refractivity contribution in [1.82, 2.24) is 15.4 Å². The van der Waals surface area contributed by atoms with Crippen molar-refractivity contribution < 1.29 is 23.4 Å². The van der Waals surface area contributed by atoms with Crippen molar-refractivity contribution in [3.8, 4) is 17.6 Å². The number of ether oxygens (including phenoxy) is 2. The number of hydrogen-bond donors (Lipinski definition) is 3. The van der Waals surface area contributed by atoms with Crippen molar-refractivity contribution in [3.05, 3.63) is 71.8 Å². The van der Waals surface area contributed by atoms with Crippen molar-refractivity contribution in [1.29, 1.82) is 5.26 Å². The summed E-state index contributed by atoms with van der Waals surface area (Å²) in [6.07, 6.45) is 1.69. The Bertz CT molecular complexity index is 1440. The van der Waals surface area contributed by atoms with Crippen LogP contribution in [0, 0.1) is 17.1 Å². The lowest BCUT2D eigenvalue weighted by Crippen LogP contribution is -2.44. The Morgan fingerprint density at radius 3 is 2.48 bits per heavy atom. The van der Waals surface area contributed by atoms with Crippen LogP contribution in [0.2, 0.25) is 18.1 Å². The zero-order valence-corrected chi connectivity index (χ0v) is 25.6. The van der Waals surface area contributed by atoms with Gasteiger partial charge in [0.05, 0.1) is 25.3 Å². The molecule has 2 aromatic carbocycles. The molecule has 0 radical (unpaired) electrons. The van der Waals surface area contributed by atoms with Crippen molar-refractivity contribution in [2.75, 3.05) is 30.6 Å². The first-order valence-corrected chi connectivity index (χ1v) is 16.3. The summed E-state index contributed by atoms with van der Waals surface area (Å²) >= 11 is 0. The number of halogens is 1. The van der Waals surface area contributed by atoms with Gasteiger partial charge in [0.25, 0.3) is 0 Å². The molecule has 2 unspecified atom stereocenters. The van der Waals surface area contributed by atoms with E-state index in [2.05, 4.69) is 65.6 Å². The molecule has 42 heavy (non-hydrogen) atoms. The van der Waals surface area contributed by atoms with Crippen LogP contribution in [0.4, 0.5) is 16.0 Å². The number of hydrazine groups is 1. The van der Waals surface area contributed by atoms with E-state index in [9.17, 15) is 10.4 Å². The van der Waals surface area contributed by atoms with Crippen LogP contribution in [-0.2, 0) is 4.43 Å². The van der Waals surface area contributed by atoms with E-state index in [0.29, 0.717) is 23.6 Å². The van der Waals surface area contributed by atoms with E-state index < -0.39 is 26.5 Å². The van der Waals surface area contributed by atoms with E-state index in [1.165, 1.54) is 36.6 Å². The van der Waals surface area contributed by atoms with Gasteiger partial charge in [-0.15, -0.1) is 0 Å². The fourth-order valence-corrected chi connectivity index (χ4v) is 4.92. The van der Waals surface area contributed by atoms with Gasteiger partial charge in [-0.2, -0.15) is 5.26 Å². The quantitative estimate of drug-likeness (QED) is 0.211. The molecule has 0 bridgehead atoms. The topological polar surface area (TPSA) is 137 Å². The van der Waals surface area contributed by atoms with E-state index in [-0.39, 0.29) is 34.7 Å². The maximum atomic E-state index is 16.2. The molecule has 2 heterocycles. The molecule has 1 aliphatic rings. The molecule has 3 N–H and O–H groups in total. The molecule has 1 aromatic heterocycles. The molecule has 4 rings (SSSR count). The largest absolute Gasteiger partial charge is 0.497 e. The maximum Gasteiger partial charge on any atom is 0.248 e. The number of aliphatic hydroxyl groups excluding tert-OH is 1. The van der Waals surface area contributed by atoms with Crippen LogP contribution in [0.1, 0.15) is 37.9 Å². The number of aliphatic hydroxyl groups is 1. The van der Waals surface area contributed by atoms with E-state index in [0.717, 1.165) is 0 Å². The van der Waals surface area contributed by atoms with Crippen LogP contribution >= 0.6 is 0 Å². The summed E-state index contributed by atoms with van der Waals surface area (Å²) in [6, 6.07) is 12.5. The van der Waals surface area contributed by atoms with Gasteiger partial charge in [0.1, 0.15) is 24.2 Å². The molecule has 0 fully saturated rings. The van der Waals surface area contributed by atoms with Crippen LogP contribution in [0.25, 0.3) is 0 Å². The minimum Gasteiger partial charge on any atom is -0.497 e. The number of amidine groups is 1. The standard InChI is InChI=1S/C29H36FN7O4Si/c1-29(2,3)42(5,6)41-15-14-40-23-17-21(39-4)16-22(24(23)30)25(34-20-10-8-19(18-31)9-11-20)26-35-28(38)37(36-26)27-32-12-7-13-33-27/h7-13,16-17,25,28,34,38H,14-15H2,1-6H3,(H,35,36). The average molecular weight is 594 g/mol. The van der Waals surface area contributed by atoms with Crippen molar-refractivity contribution >= 4 is 25.8 Å². The van der Waals surface area contributed by atoms with Gasteiger partial charge in [0.15, 0.2) is 19.9 Å². The van der Waals surface area contributed by atoms with E-state index in [1.807, 2.05) is 0 Å². The second-order valence-electron chi connectivity index (χ2n) is 11.1. The van der Waals surface area contributed by atoms with Gasteiger partial charge in [0.2, 0.25) is 12.3 Å². The maximum absolute atomic E-state index is 16.2. The van der Waals surface area contributed by atoms with Crippen molar-refractivity contribution in [2.45, 2.75) is 51.3 Å². The Balaban J connectivity index is 1.65. The number of methoxy groups -OCH3 is 1. The Hall–Kier alpha value is -4.25. The lowest BCUT2D eigenvalue weighted by molar-refractivity contribution is 0.181. The molecule has 0 amide bonds. The molecule has 11 nitrogen and oxygen atoms in total. The Morgan fingerprint density at radius 1 is 1.17 bits per heavy atom. The molecular weight excluding hydrogens is 557 g/mol. The average Bonchev–Trinajstić information content (AvgIpc) is 3.36. The zero-order chi connectivity index (χ0) is 30.5. The van der Waals surface area contributed by atoms with Crippen LogP contribution in [0.5, 0.6) is 11.5 Å². The molecule has 3 aromatic rings. The molecule has 0 saturated carbocycles. The minimum absolute atomic E-state index is 0.0165. The van der Waals surface area contributed by atoms with Gasteiger partial charge in [-0.3, -0.25) is 5.43 Å². The number of benzene rings is 2. The zero-order valence-electron chi connectivity index (χ0n) is 24.6. The summed E-state index contributed by atoms with van der Waals surface area (Å²) in [6.45, 7) is 11.2. The van der Waals surface area contributed by atoms with Crippen LogP contribution in [-0.4, -0.2) is 55.9 Å². The Kier molecular flexibility index (Phi) is 9.30. The number of aliphatic imine (C=N–C) groups is 1. The number of hydrogen-bond acceptors (Lipinski definition) is 11. The Labute approximate surface area is 246 Å². The lowest BCUT2D eigenvalue weighted by atomic mass is 10.0. The number of aromatic nitrogens is 2. The van der Waals surface area contributed by atoms with Crippen LogP contribution in [0.15, 0.2) is 59.9 Å². The SMILES string of the molecule is COc1cc(OCCO[Si](C)(C)C(C)(C)C)c(F)c(C(Nc2ccc(C#N)cc2)C2=NC(O)N(c3ncccn3)N2)c1. The van der Waals surface area contributed by atoms with Gasteiger partial charge < -0.3 is 24.3 Å². The molecule has 0 saturated heterocycles. The fraction of sp³-hybridized carbons (Fsp3) is 0.379. The monoisotopic (exact) mass is 593 g/mol. The smallest absolute Gasteiger partial charge is 0.248 e. The summed E-state index contributed by atoms with van der Waals surface area (Å²) in [5, 5.41) is 24.5. The van der Waals surface area contributed by atoms with Gasteiger partial charge in [-0.25, -0.2) is 24.4 Å². The van der Waals surface area contributed by atoms with Gasteiger partial charge in [-0.1, -0.05) is 20.8 Å². The first-order chi connectivity index (χ1) is 19.9. The number of nitrogens with zero attached hydrogens (tertiary/aromatic N) is 5. The number of anilines is 2. The van der Waals surface area contributed by atoms with Crippen molar-refractivity contribution in [3.63, 3.8) is 0 Å². The predicted octanol–water partition coefficient (Wildman–Crippen LogP) is 4.75. The van der Waals surface area contributed by atoms with Crippen molar-refractivity contribution in [2.24, 2.45) is 4.99 Å². The summed E-state index contributed by atoms with van der Waals surface area (Å²) in [4.78, 5) is 12.7. The number of rotatable bonds is 11. The van der Waals surface area contributed by atoms with E-state index in [4.69, 9.17) is 13.9 Å². The normalized spacial score (nSPS) is 15.8. The molecule has 13 heteroatoms. The first-order valence-electron chi connectivity index (χ1n) is 13.4. The molecule has 2 atom stereocenters. The summed E-state index contributed by atoms with van der Waals surface area (Å²) in [5.74, 6) is 0.0806. The fourth-order valence-electron chi connectivity index (χ4n) is 3.89. The van der Waals surface area contributed by atoms with Gasteiger partial charge >= 0.3 is 0 Å². The summed E-state index contributed by atoms with van der Waals surface area (Å²) < 4.78 is 33.7. The first kappa shape index (κ1) is 30.7. The van der Waals surface area contributed by atoms with E-state index >= 15 is 4.39 Å². The second kappa shape index (κ2) is 12.7. The van der Waals surface area contributed by atoms with Crippen LogP contribution in [0.3, 0.4) is 0 Å². The highest BCUT2D eigenvalue weighted by molar-refractivity contribution is 6.74. The molecule has 1 aliphatic heterocycles. The molecule has 0 spiro atoms. The van der Waals surface area contributed by atoms with Gasteiger partial charge in [0, 0.05) is 29.7 Å². The highest BCUT2D eigenvalue weighted by Gasteiger charge is 2.37. The third-order valence-corrected chi connectivity index (χ3v) is 11.8. The molecule has 222 valence electrons. The number of nitriles is 1. The van der Waals surface area contributed by atoms with E-state index in [1.54, 1.807) is 30.3 Å². The second-order valence-corrected chi connectivity index (χ2v) is 16.0. The highest BCUT2D eigenvalue weighted by Crippen LogP contribution is 2.37. The number of nitrogens with one attached hydrogen (secondary N) is 2. The third-order valence-electron chi connectivity index (χ3n) is 7.28. The molecular formula is C29H36FN7O4Si. The Morgan fingerprint density at radius 2 is 1.86 bits per heavy atom. The summed E-state index contributed by atoms with van der Waals surface area (Å²) in [5.41, 5.74) is 4.20. The third kappa shape index (κ3) is 6.96. The highest BCUT2D eigenvalue weighted by atomic mass is 28.4. The molecule has 0 aliphatic carbocycles. The summed E-state index contributed by atoms with van der Waals surface area (Å²) in [7, 11) is -0.523.